The van der Waals surface area contributed by atoms with Crippen LogP contribution in [0.15, 0.2) is 30.3 Å². The summed E-state index contributed by atoms with van der Waals surface area (Å²) in [6.45, 7) is -2.91. The predicted octanol–water partition coefficient (Wildman–Crippen LogP) is 2.80. The second-order valence-corrected chi connectivity index (χ2v) is 2.25. The Morgan fingerprint density at radius 3 is 2.33 bits per heavy atom. The lowest BCUT2D eigenvalue weighted by Crippen LogP contribution is -2.14. The molecule has 0 aromatic heterocycles. The fourth-order valence-corrected chi connectivity index (χ4v) is 0.849. The Morgan fingerprint density at radius 2 is 1.83 bits per heavy atom. The Balaban J connectivity index is 2.59. The van der Waals surface area contributed by atoms with Gasteiger partial charge in [0.1, 0.15) is 0 Å². The third-order valence-corrected chi connectivity index (χ3v) is 1.41. The van der Waals surface area contributed by atoms with E-state index in [9.17, 15) is 8.78 Å². The Labute approximate surface area is 73.4 Å². The monoisotopic (exact) mass is 193 g/mol. The van der Waals surface area contributed by atoms with E-state index in [0.717, 1.165) is 0 Å². The van der Waals surface area contributed by atoms with Gasteiger partial charge in [0.15, 0.2) is 0 Å². The minimum Gasteiger partial charge on any atom is -0.188 e. The van der Waals surface area contributed by atoms with Crippen molar-refractivity contribution in [3.8, 4) is 0 Å². The van der Waals surface area contributed by atoms with Gasteiger partial charge < -0.3 is 0 Å². The van der Waals surface area contributed by atoms with Crippen LogP contribution in [0.1, 0.15) is 0 Å². The van der Waals surface area contributed by atoms with Gasteiger partial charge >= 0.3 is 6.61 Å². The first-order chi connectivity index (χ1) is 5.70. The fraction of sp³-hybridized carbons (Fsp3) is 0.143. The van der Waals surface area contributed by atoms with Crippen LogP contribution in [-0.2, 0) is 4.84 Å². The highest BCUT2D eigenvalue weighted by Crippen LogP contribution is 2.17. The van der Waals surface area contributed by atoms with Gasteiger partial charge in [-0.25, -0.2) is 0 Å². The molecule has 0 aliphatic heterocycles. The highest BCUT2D eigenvalue weighted by atomic mass is 35.5. The maximum Gasteiger partial charge on any atom is 0.366 e. The second-order valence-electron chi connectivity index (χ2n) is 1.95. The summed E-state index contributed by atoms with van der Waals surface area (Å²) in [6, 6.07) is 8.18. The topological polar surface area (TPSA) is 12.5 Å². The van der Waals surface area contributed by atoms with Gasteiger partial charge in [0.2, 0.25) is 0 Å². The van der Waals surface area contributed by atoms with E-state index >= 15 is 0 Å². The van der Waals surface area contributed by atoms with Crippen LogP contribution < -0.4 is 4.58 Å². The van der Waals surface area contributed by atoms with Crippen LogP contribution >= 0.6 is 11.8 Å². The highest BCUT2D eigenvalue weighted by Gasteiger charge is 2.09. The molecule has 1 rings (SSSR count). The molecule has 0 unspecified atom stereocenters. The Kier molecular flexibility index (Phi) is 3.25. The maximum absolute atomic E-state index is 11.6. The van der Waals surface area contributed by atoms with Gasteiger partial charge in [0.25, 0.3) is 0 Å². The number of hydrogen-bond donors (Lipinski definition) is 0. The van der Waals surface area contributed by atoms with Crippen LogP contribution in [-0.4, -0.2) is 6.61 Å². The van der Waals surface area contributed by atoms with Crippen LogP contribution in [0.3, 0.4) is 0 Å². The SMILES string of the molecule is FC(F)ON(Cl)c1ccccc1. The van der Waals surface area contributed by atoms with E-state index in [4.69, 9.17) is 11.8 Å². The van der Waals surface area contributed by atoms with E-state index in [1.54, 1.807) is 30.3 Å². The summed E-state index contributed by atoms with van der Waals surface area (Å²) in [5.74, 6) is 0. The molecule has 0 saturated carbocycles. The number of rotatable bonds is 3. The van der Waals surface area contributed by atoms with Crippen molar-refractivity contribution in [1.82, 2.24) is 0 Å². The lowest BCUT2D eigenvalue weighted by molar-refractivity contribution is -0.123. The number of nitrogens with zero attached hydrogens (tertiary/aromatic N) is 1. The Morgan fingerprint density at radius 1 is 1.25 bits per heavy atom. The van der Waals surface area contributed by atoms with E-state index in [1.165, 1.54) is 0 Å². The fourth-order valence-electron chi connectivity index (χ4n) is 0.676. The molecule has 2 nitrogen and oxygen atoms in total. The third-order valence-electron chi connectivity index (χ3n) is 1.13. The van der Waals surface area contributed by atoms with Crippen LogP contribution in [0.2, 0.25) is 0 Å². The van der Waals surface area contributed by atoms with Crippen molar-refractivity contribution < 1.29 is 13.6 Å². The van der Waals surface area contributed by atoms with Gasteiger partial charge in [-0.3, -0.25) is 0 Å². The van der Waals surface area contributed by atoms with Gasteiger partial charge in [-0.2, -0.15) is 18.2 Å². The van der Waals surface area contributed by atoms with Gasteiger partial charge in [-0.15, -0.1) is 0 Å². The molecule has 0 bridgehead atoms. The molecule has 0 heterocycles. The van der Waals surface area contributed by atoms with Gasteiger partial charge in [-0.05, 0) is 12.1 Å². The minimum absolute atomic E-state index is 0.361. The van der Waals surface area contributed by atoms with Gasteiger partial charge in [0.05, 0.1) is 5.69 Å². The zero-order chi connectivity index (χ0) is 8.97. The molecule has 0 aliphatic carbocycles. The summed E-state index contributed by atoms with van der Waals surface area (Å²) in [6.07, 6.45) is 0. The van der Waals surface area contributed by atoms with Gasteiger partial charge in [0, 0.05) is 11.8 Å². The number of para-hydroxylation sites is 1. The standard InChI is InChI=1S/C7H6ClF2NO/c8-11(12-7(9)10)6-4-2-1-3-5-6/h1-5,7H. The molecule has 0 radical (unpaired) electrons. The summed E-state index contributed by atoms with van der Waals surface area (Å²) in [4.78, 5) is 3.90. The van der Waals surface area contributed by atoms with Crippen molar-refractivity contribution >= 4 is 17.5 Å². The van der Waals surface area contributed by atoms with E-state index in [-0.39, 0.29) is 0 Å². The third kappa shape index (κ3) is 2.64. The molecule has 0 aliphatic rings. The summed E-state index contributed by atoms with van der Waals surface area (Å²) >= 11 is 5.33. The molecule has 0 spiro atoms. The van der Waals surface area contributed by atoms with Gasteiger partial charge in [-0.1, -0.05) is 18.2 Å². The minimum atomic E-state index is -2.91. The number of alkyl halides is 2. The molecule has 1 aromatic carbocycles. The smallest absolute Gasteiger partial charge is 0.188 e. The quantitative estimate of drug-likeness (QED) is 0.541. The first kappa shape index (κ1) is 9.22. The van der Waals surface area contributed by atoms with Crippen molar-refractivity contribution in [2.24, 2.45) is 0 Å². The molecule has 0 N–H and O–H groups in total. The van der Waals surface area contributed by atoms with Crippen LogP contribution in [0, 0.1) is 0 Å². The Bertz CT molecular complexity index is 232. The number of benzene rings is 1. The van der Waals surface area contributed by atoms with Crippen molar-refractivity contribution in [3.63, 3.8) is 0 Å². The van der Waals surface area contributed by atoms with Crippen molar-refractivity contribution in [2.75, 3.05) is 4.58 Å². The molecule has 66 valence electrons. The summed E-state index contributed by atoms with van der Waals surface area (Å²) in [7, 11) is 0. The molecule has 1 aromatic rings. The van der Waals surface area contributed by atoms with Crippen molar-refractivity contribution in [1.29, 1.82) is 0 Å². The molecule has 5 heteroatoms. The lowest BCUT2D eigenvalue weighted by Gasteiger charge is -2.13. The van der Waals surface area contributed by atoms with E-state index in [0.29, 0.717) is 10.3 Å². The largest absolute Gasteiger partial charge is 0.366 e. The number of hydrogen-bond acceptors (Lipinski definition) is 2. The normalized spacial score (nSPS) is 10.3. The molecule has 12 heavy (non-hydrogen) atoms. The number of halogens is 3. The molecular weight excluding hydrogens is 188 g/mol. The van der Waals surface area contributed by atoms with Crippen molar-refractivity contribution in [3.05, 3.63) is 30.3 Å². The first-order valence-electron chi connectivity index (χ1n) is 3.16. The zero-order valence-electron chi connectivity index (χ0n) is 5.95. The average molecular weight is 194 g/mol. The maximum atomic E-state index is 11.6. The van der Waals surface area contributed by atoms with Crippen LogP contribution in [0.5, 0.6) is 0 Å². The van der Waals surface area contributed by atoms with Crippen LogP contribution in [0.4, 0.5) is 14.5 Å². The van der Waals surface area contributed by atoms with E-state index in [2.05, 4.69) is 4.84 Å². The lowest BCUT2D eigenvalue weighted by atomic mass is 10.3. The molecule has 0 atom stereocenters. The second kappa shape index (κ2) is 4.23. The Hall–Kier alpha value is -0.870. The summed E-state index contributed by atoms with van der Waals surface area (Å²) < 4.78 is 23.7. The molecule has 0 fully saturated rings. The van der Waals surface area contributed by atoms with E-state index < -0.39 is 6.61 Å². The molecule has 0 saturated heterocycles. The number of anilines is 1. The van der Waals surface area contributed by atoms with E-state index in [1.807, 2.05) is 0 Å². The molecular formula is C7H6ClF2NO. The first-order valence-corrected chi connectivity index (χ1v) is 3.50. The summed E-state index contributed by atoms with van der Waals surface area (Å²) in [5.41, 5.74) is 0.361. The zero-order valence-corrected chi connectivity index (χ0v) is 6.71. The summed E-state index contributed by atoms with van der Waals surface area (Å²) in [5, 5.41) is 0. The predicted molar refractivity (Wildman–Crippen MR) is 41.9 cm³/mol. The average Bonchev–Trinajstić information content (AvgIpc) is 2.05. The highest BCUT2D eigenvalue weighted by molar-refractivity contribution is 6.24. The van der Waals surface area contributed by atoms with Crippen LogP contribution in [0.25, 0.3) is 0 Å². The van der Waals surface area contributed by atoms with Crippen molar-refractivity contribution in [2.45, 2.75) is 6.61 Å². The molecule has 0 amide bonds.